The van der Waals surface area contributed by atoms with Crippen LogP contribution in [0.3, 0.4) is 0 Å². The molecular formula is C20H22N2O4. The zero-order valence-corrected chi connectivity index (χ0v) is 14.7. The summed E-state index contributed by atoms with van der Waals surface area (Å²) in [7, 11) is 0. The lowest BCUT2D eigenvalue weighted by Crippen LogP contribution is -2.33. The van der Waals surface area contributed by atoms with Crippen molar-refractivity contribution in [2.75, 3.05) is 18.1 Å². The zero-order valence-electron chi connectivity index (χ0n) is 14.7. The summed E-state index contributed by atoms with van der Waals surface area (Å²) in [5.41, 5.74) is 4.18. The van der Waals surface area contributed by atoms with Gasteiger partial charge in [-0.1, -0.05) is 30.3 Å². The van der Waals surface area contributed by atoms with Gasteiger partial charge < -0.3 is 9.64 Å². The number of rotatable bonds is 7. The first kappa shape index (κ1) is 17.9. The highest BCUT2D eigenvalue weighted by molar-refractivity contribution is 6.00. The van der Waals surface area contributed by atoms with Gasteiger partial charge in [-0.05, 0) is 36.8 Å². The van der Waals surface area contributed by atoms with Crippen molar-refractivity contribution in [2.24, 2.45) is 5.92 Å². The molecule has 1 atom stereocenters. The molecule has 2 amide bonds. The third-order valence-corrected chi connectivity index (χ3v) is 4.21. The molecular weight excluding hydrogens is 332 g/mol. The molecule has 2 aromatic rings. The normalized spacial score (nSPS) is 16.6. The van der Waals surface area contributed by atoms with E-state index in [1.54, 1.807) is 4.90 Å². The molecule has 1 aliphatic rings. The number of hydrogen-bond acceptors (Lipinski definition) is 4. The second kappa shape index (κ2) is 8.49. The number of hydroxylamine groups is 1. The molecule has 0 radical (unpaired) electrons. The summed E-state index contributed by atoms with van der Waals surface area (Å²) in [6.07, 6.45) is 0.174. The van der Waals surface area contributed by atoms with Crippen molar-refractivity contribution < 1.29 is 19.2 Å². The molecule has 1 saturated heterocycles. The lowest BCUT2D eigenvalue weighted by molar-refractivity contribution is -0.138. The summed E-state index contributed by atoms with van der Waals surface area (Å²) in [5.74, 6) is -0.0172. The van der Waals surface area contributed by atoms with Gasteiger partial charge in [0.1, 0.15) is 5.75 Å². The largest absolute Gasteiger partial charge is 0.494 e. The van der Waals surface area contributed by atoms with Gasteiger partial charge in [-0.3, -0.25) is 14.4 Å². The SMILES string of the molecule is CCOc1ccc(N2C[C@H](C(=O)NOCc3ccccc3)CC2=O)cc1. The predicted octanol–water partition coefficient (Wildman–Crippen LogP) is 2.69. The molecule has 1 fully saturated rings. The standard InChI is InChI=1S/C20H22N2O4/c1-2-25-18-10-8-17(9-11-18)22-13-16(12-19(22)23)20(24)21-26-14-15-6-4-3-5-7-15/h3-11,16H,2,12-14H2,1H3,(H,21,24)/t16-/m1/s1. The van der Waals surface area contributed by atoms with Crippen molar-refractivity contribution in [1.82, 2.24) is 5.48 Å². The van der Waals surface area contributed by atoms with E-state index < -0.39 is 5.92 Å². The highest BCUT2D eigenvalue weighted by Crippen LogP contribution is 2.27. The molecule has 0 bridgehead atoms. The minimum Gasteiger partial charge on any atom is -0.494 e. The molecule has 6 nitrogen and oxygen atoms in total. The molecule has 0 aromatic heterocycles. The fourth-order valence-electron chi connectivity index (χ4n) is 2.87. The number of benzene rings is 2. The monoisotopic (exact) mass is 354 g/mol. The Labute approximate surface area is 152 Å². The number of amides is 2. The molecule has 6 heteroatoms. The van der Waals surface area contributed by atoms with Crippen LogP contribution in [-0.4, -0.2) is 25.0 Å². The van der Waals surface area contributed by atoms with Crippen LogP contribution in [0.15, 0.2) is 54.6 Å². The lowest BCUT2D eigenvalue weighted by atomic mass is 10.1. The maximum absolute atomic E-state index is 12.3. The van der Waals surface area contributed by atoms with E-state index >= 15 is 0 Å². The van der Waals surface area contributed by atoms with Crippen LogP contribution in [0.2, 0.25) is 0 Å². The van der Waals surface area contributed by atoms with Crippen LogP contribution in [0, 0.1) is 5.92 Å². The summed E-state index contributed by atoms with van der Waals surface area (Å²) in [5, 5.41) is 0. The Morgan fingerprint density at radius 3 is 2.58 bits per heavy atom. The van der Waals surface area contributed by atoms with E-state index in [0.717, 1.165) is 17.0 Å². The maximum atomic E-state index is 12.3. The number of carbonyl (C=O) groups excluding carboxylic acids is 2. The van der Waals surface area contributed by atoms with E-state index in [-0.39, 0.29) is 24.8 Å². The summed E-state index contributed by atoms with van der Waals surface area (Å²) < 4.78 is 5.41. The molecule has 0 spiro atoms. The molecule has 0 saturated carbocycles. The second-order valence-electron chi connectivity index (χ2n) is 6.07. The number of hydrogen-bond donors (Lipinski definition) is 1. The zero-order chi connectivity index (χ0) is 18.4. The van der Waals surface area contributed by atoms with Crippen molar-refractivity contribution in [3.8, 4) is 5.75 Å². The number of carbonyl (C=O) groups is 2. The smallest absolute Gasteiger partial charge is 0.248 e. The molecule has 1 heterocycles. The molecule has 136 valence electrons. The van der Waals surface area contributed by atoms with Gasteiger partial charge in [0, 0.05) is 18.7 Å². The lowest BCUT2D eigenvalue weighted by Gasteiger charge is -2.17. The molecule has 0 aliphatic carbocycles. The third kappa shape index (κ3) is 4.40. The Balaban J connectivity index is 1.52. The fourth-order valence-corrected chi connectivity index (χ4v) is 2.87. The first-order chi connectivity index (χ1) is 12.7. The highest BCUT2D eigenvalue weighted by Gasteiger charge is 2.35. The highest BCUT2D eigenvalue weighted by atomic mass is 16.6. The van der Waals surface area contributed by atoms with E-state index in [4.69, 9.17) is 9.57 Å². The number of nitrogens with zero attached hydrogens (tertiary/aromatic N) is 1. The van der Waals surface area contributed by atoms with Gasteiger partial charge in [0.15, 0.2) is 0 Å². The Morgan fingerprint density at radius 2 is 1.88 bits per heavy atom. The van der Waals surface area contributed by atoms with Crippen molar-refractivity contribution >= 4 is 17.5 Å². The summed E-state index contributed by atoms with van der Waals surface area (Å²) in [4.78, 5) is 31.4. The number of ether oxygens (including phenoxy) is 1. The molecule has 2 aromatic carbocycles. The Bertz CT molecular complexity index is 746. The summed E-state index contributed by atoms with van der Waals surface area (Å²) in [6.45, 7) is 3.14. The van der Waals surface area contributed by atoms with Crippen LogP contribution in [0.4, 0.5) is 5.69 Å². The molecule has 3 rings (SSSR count). The van der Waals surface area contributed by atoms with Gasteiger partial charge in [0.25, 0.3) is 0 Å². The second-order valence-corrected chi connectivity index (χ2v) is 6.07. The average Bonchev–Trinajstić information content (AvgIpc) is 3.05. The van der Waals surface area contributed by atoms with Crippen molar-refractivity contribution in [1.29, 1.82) is 0 Å². The predicted molar refractivity (Wildman–Crippen MR) is 97.4 cm³/mol. The Morgan fingerprint density at radius 1 is 1.15 bits per heavy atom. The summed E-state index contributed by atoms with van der Waals surface area (Å²) >= 11 is 0. The maximum Gasteiger partial charge on any atom is 0.248 e. The van der Waals surface area contributed by atoms with E-state index in [2.05, 4.69) is 5.48 Å². The van der Waals surface area contributed by atoms with E-state index in [9.17, 15) is 9.59 Å². The third-order valence-electron chi connectivity index (χ3n) is 4.21. The van der Waals surface area contributed by atoms with Gasteiger partial charge in [0.05, 0.1) is 19.1 Å². The molecule has 1 aliphatic heterocycles. The quantitative estimate of drug-likeness (QED) is 0.776. The van der Waals surface area contributed by atoms with Crippen molar-refractivity contribution in [2.45, 2.75) is 20.0 Å². The van der Waals surface area contributed by atoms with Crippen molar-refractivity contribution in [3.05, 3.63) is 60.2 Å². The summed E-state index contributed by atoms with van der Waals surface area (Å²) in [6, 6.07) is 16.9. The van der Waals surface area contributed by atoms with Crippen LogP contribution >= 0.6 is 0 Å². The molecule has 26 heavy (non-hydrogen) atoms. The fraction of sp³-hybridized carbons (Fsp3) is 0.300. The number of nitrogens with one attached hydrogen (secondary N) is 1. The van der Waals surface area contributed by atoms with Crippen LogP contribution < -0.4 is 15.1 Å². The van der Waals surface area contributed by atoms with Gasteiger partial charge in [-0.15, -0.1) is 0 Å². The minimum absolute atomic E-state index is 0.0719. The Hall–Kier alpha value is -2.86. The van der Waals surface area contributed by atoms with Crippen LogP contribution in [0.5, 0.6) is 5.75 Å². The van der Waals surface area contributed by atoms with E-state index in [1.165, 1.54) is 0 Å². The van der Waals surface area contributed by atoms with E-state index in [0.29, 0.717) is 13.2 Å². The van der Waals surface area contributed by atoms with Gasteiger partial charge in [-0.2, -0.15) is 0 Å². The number of anilines is 1. The van der Waals surface area contributed by atoms with Crippen molar-refractivity contribution in [3.63, 3.8) is 0 Å². The topological polar surface area (TPSA) is 67.9 Å². The van der Waals surface area contributed by atoms with Gasteiger partial charge in [-0.25, -0.2) is 5.48 Å². The first-order valence-electron chi connectivity index (χ1n) is 8.66. The van der Waals surface area contributed by atoms with Crippen LogP contribution in [0.1, 0.15) is 18.9 Å². The van der Waals surface area contributed by atoms with E-state index in [1.807, 2.05) is 61.5 Å². The molecule has 1 N–H and O–H groups in total. The van der Waals surface area contributed by atoms with Crippen LogP contribution in [-0.2, 0) is 21.0 Å². The average molecular weight is 354 g/mol. The Kier molecular flexibility index (Phi) is 5.86. The van der Waals surface area contributed by atoms with Crippen LogP contribution in [0.25, 0.3) is 0 Å². The van der Waals surface area contributed by atoms with Gasteiger partial charge in [0.2, 0.25) is 11.8 Å². The first-order valence-corrected chi connectivity index (χ1v) is 8.66. The van der Waals surface area contributed by atoms with Gasteiger partial charge >= 0.3 is 0 Å². The minimum atomic E-state index is -0.426. The molecule has 0 unspecified atom stereocenters.